The van der Waals surface area contributed by atoms with Crippen LogP contribution in [0.15, 0.2) is 72.1 Å². The van der Waals surface area contributed by atoms with E-state index in [1.54, 1.807) is 38.7 Å². The molecule has 142 valence electrons. The van der Waals surface area contributed by atoms with Crippen LogP contribution < -0.4 is 14.5 Å². The maximum Gasteiger partial charge on any atom is 0.166 e. The van der Waals surface area contributed by atoms with Gasteiger partial charge >= 0.3 is 0 Å². The molecule has 4 rings (SSSR count). The van der Waals surface area contributed by atoms with Crippen molar-refractivity contribution in [3.05, 3.63) is 83.9 Å². The first-order valence-electron chi connectivity index (χ1n) is 8.95. The zero-order valence-corrected chi connectivity index (χ0v) is 15.7. The van der Waals surface area contributed by atoms with Crippen LogP contribution in [0.4, 0.5) is 10.1 Å². The predicted octanol–water partition coefficient (Wildman–Crippen LogP) is 4.59. The Labute approximate surface area is 163 Å². The van der Waals surface area contributed by atoms with Gasteiger partial charge in [0.05, 0.1) is 31.7 Å². The first-order valence-corrected chi connectivity index (χ1v) is 8.95. The van der Waals surface area contributed by atoms with Gasteiger partial charge in [0.15, 0.2) is 11.5 Å². The third-order valence-electron chi connectivity index (χ3n) is 4.79. The molecule has 6 heteroatoms. The number of anilines is 1. The van der Waals surface area contributed by atoms with Gasteiger partial charge in [-0.25, -0.2) is 4.39 Å². The molecule has 0 spiro atoms. The molecular weight excluding hydrogens is 357 g/mol. The summed E-state index contributed by atoms with van der Waals surface area (Å²) >= 11 is 0. The molecule has 0 saturated heterocycles. The first kappa shape index (κ1) is 18.0. The van der Waals surface area contributed by atoms with Gasteiger partial charge in [-0.2, -0.15) is 5.10 Å². The highest BCUT2D eigenvalue weighted by Crippen LogP contribution is 2.43. The molecule has 0 fully saturated rings. The highest BCUT2D eigenvalue weighted by atomic mass is 19.1. The Morgan fingerprint density at radius 3 is 2.50 bits per heavy atom. The van der Waals surface area contributed by atoms with Crippen molar-refractivity contribution in [3.8, 4) is 11.5 Å². The maximum atomic E-state index is 13.5. The molecule has 0 amide bonds. The van der Waals surface area contributed by atoms with Crippen LogP contribution in [0.25, 0.3) is 0 Å². The number of nitrogens with zero attached hydrogens (tertiary/aromatic N) is 3. The Morgan fingerprint density at radius 2 is 1.82 bits per heavy atom. The van der Waals surface area contributed by atoms with Crippen LogP contribution in [0, 0.1) is 5.82 Å². The van der Waals surface area contributed by atoms with Gasteiger partial charge in [0.1, 0.15) is 5.82 Å². The van der Waals surface area contributed by atoms with E-state index in [1.165, 1.54) is 12.1 Å². The largest absolute Gasteiger partial charge is 0.493 e. The van der Waals surface area contributed by atoms with Crippen LogP contribution in [0.3, 0.4) is 0 Å². The molecule has 0 N–H and O–H groups in total. The van der Waals surface area contributed by atoms with E-state index in [0.717, 1.165) is 22.5 Å². The SMILES string of the molecule is COc1cccc([C@@H]2CC(c3cccnc3)=NN2c2ccc(F)cc2)c1OC. The average molecular weight is 377 g/mol. The number of halogens is 1. The van der Waals surface area contributed by atoms with Crippen LogP contribution in [0.2, 0.25) is 0 Å². The van der Waals surface area contributed by atoms with Gasteiger partial charge in [-0.15, -0.1) is 0 Å². The second kappa shape index (κ2) is 7.68. The molecule has 0 bridgehead atoms. The lowest BCUT2D eigenvalue weighted by molar-refractivity contribution is 0.349. The summed E-state index contributed by atoms with van der Waals surface area (Å²) in [4.78, 5) is 4.20. The fraction of sp³-hybridized carbons (Fsp3) is 0.182. The first-order chi connectivity index (χ1) is 13.7. The highest BCUT2D eigenvalue weighted by molar-refractivity contribution is 6.03. The van der Waals surface area contributed by atoms with Crippen LogP contribution in [0.5, 0.6) is 11.5 Å². The molecule has 0 aliphatic carbocycles. The van der Waals surface area contributed by atoms with E-state index in [9.17, 15) is 4.39 Å². The van der Waals surface area contributed by atoms with E-state index in [4.69, 9.17) is 14.6 Å². The van der Waals surface area contributed by atoms with E-state index in [-0.39, 0.29) is 11.9 Å². The average Bonchev–Trinajstić information content (AvgIpc) is 3.19. The third kappa shape index (κ3) is 3.29. The van der Waals surface area contributed by atoms with Gasteiger partial charge in [-0.3, -0.25) is 9.99 Å². The number of rotatable bonds is 5. The monoisotopic (exact) mass is 377 g/mol. The molecule has 2 aromatic carbocycles. The smallest absolute Gasteiger partial charge is 0.166 e. The van der Waals surface area contributed by atoms with Crippen molar-refractivity contribution in [2.75, 3.05) is 19.2 Å². The number of hydrogen-bond donors (Lipinski definition) is 0. The molecule has 2 heterocycles. The van der Waals surface area contributed by atoms with E-state index in [0.29, 0.717) is 17.9 Å². The molecule has 28 heavy (non-hydrogen) atoms. The van der Waals surface area contributed by atoms with Crippen molar-refractivity contribution in [2.45, 2.75) is 12.5 Å². The Bertz CT molecular complexity index is 990. The molecule has 0 saturated carbocycles. The number of para-hydroxylation sites is 1. The van der Waals surface area contributed by atoms with E-state index in [2.05, 4.69) is 4.98 Å². The number of benzene rings is 2. The summed E-state index contributed by atoms with van der Waals surface area (Å²) in [6.45, 7) is 0. The van der Waals surface area contributed by atoms with E-state index >= 15 is 0 Å². The summed E-state index contributed by atoms with van der Waals surface area (Å²) in [7, 11) is 3.24. The van der Waals surface area contributed by atoms with Gasteiger partial charge in [0.25, 0.3) is 0 Å². The minimum absolute atomic E-state index is 0.120. The van der Waals surface area contributed by atoms with Crippen LogP contribution in [-0.4, -0.2) is 24.9 Å². The Kier molecular flexibility index (Phi) is 4.93. The van der Waals surface area contributed by atoms with Crippen molar-refractivity contribution < 1.29 is 13.9 Å². The van der Waals surface area contributed by atoms with Gasteiger partial charge in [-0.05, 0) is 36.4 Å². The molecule has 0 unspecified atom stereocenters. The lowest BCUT2D eigenvalue weighted by Gasteiger charge is -2.26. The molecule has 1 aromatic heterocycles. The summed E-state index contributed by atoms with van der Waals surface area (Å²) in [6, 6.07) is 15.9. The molecular formula is C22H20FN3O2. The molecule has 1 atom stereocenters. The van der Waals surface area contributed by atoms with Crippen LogP contribution >= 0.6 is 0 Å². The van der Waals surface area contributed by atoms with Crippen LogP contribution in [-0.2, 0) is 0 Å². The van der Waals surface area contributed by atoms with Crippen LogP contribution in [0.1, 0.15) is 23.6 Å². The standard InChI is InChI=1S/C22H20FN3O2/c1-27-21-7-3-6-18(22(21)28-2)20-13-19(15-5-4-12-24-14-15)25-26(20)17-10-8-16(23)9-11-17/h3-12,14,20H,13H2,1-2H3/t20-/m0/s1. The molecule has 1 aliphatic heterocycles. The Hall–Kier alpha value is -3.41. The molecule has 0 radical (unpaired) electrons. The second-order valence-corrected chi connectivity index (χ2v) is 6.41. The van der Waals surface area contributed by atoms with Gasteiger partial charge in [-0.1, -0.05) is 18.2 Å². The number of pyridine rings is 1. The quantitative estimate of drug-likeness (QED) is 0.652. The highest BCUT2D eigenvalue weighted by Gasteiger charge is 2.33. The molecule has 5 nitrogen and oxygen atoms in total. The Balaban J connectivity index is 1.81. The minimum atomic E-state index is -0.282. The van der Waals surface area contributed by atoms with Crippen molar-refractivity contribution in [2.24, 2.45) is 5.10 Å². The third-order valence-corrected chi connectivity index (χ3v) is 4.79. The van der Waals surface area contributed by atoms with Crippen molar-refractivity contribution in [1.29, 1.82) is 0 Å². The van der Waals surface area contributed by atoms with Crippen molar-refractivity contribution in [1.82, 2.24) is 4.98 Å². The summed E-state index contributed by atoms with van der Waals surface area (Å²) in [6.07, 6.45) is 4.19. The number of aromatic nitrogens is 1. The molecule has 3 aromatic rings. The normalized spacial score (nSPS) is 16.0. The summed E-state index contributed by atoms with van der Waals surface area (Å²) < 4.78 is 24.6. The summed E-state index contributed by atoms with van der Waals surface area (Å²) in [5, 5.41) is 6.74. The topological polar surface area (TPSA) is 47.0 Å². The second-order valence-electron chi connectivity index (χ2n) is 6.41. The number of hydrazone groups is 1. The van der Waals surface area contributed by atoms with E-state index < -0.39 is 0 Å². The maximum absolute atomic E-state index is 13.5. The molecule has 1 aliphatic rings. The predicted molar refractivity (Wildman–Crippen MR) is 107 cm³/mol. The lowest BCUT2D eigenvalue weighted by Crippen LogP contribution is -2.19. The minimum Gasteiger partial charge on any atom is -0.493 e. The summed E-state index contributed by atoms with van der Waals surface area (Å²) in [5.41, 5.74) is 3.62. The van der Waals surface area contributed by atoms with E-state index in [1.807, 2.05) is 35.3 Å². The van der Waals surface area contributed by atoms with Gasteiger partial charge < -0.3 is 9.47 Å². The van der Waals surface area contributed by atoms with Crippen molar-refractivity contribution >= 4 is 11.4 Å². The Morgan fingerprint density at radius 1 is 1.00 bits per heavy atom. The lowest BCUT2D eigenvalue weighted by atomic mass is 9.97. The zero-order valence-electron chi connectivity index (χ0n) is 15.7. The fourth-order valence-electron chi connectivity index (χ4n) is 3.47. The van der Waals surface area contributed by atoms with Gasteiger partial charge in [0, 0.05) is 29.9 Å². The summed E-state index contributed by atoms with van der Waals surface area (Å²) in [5.74, 6) is 1.05. The number of ether oxygens (including phenoxy) is 2. The zero-order chi connectivity index (χ0) is 19.5. The van der Waals surface area contributed by atoms with Crippen molar-refractivity contribution in [3.63, 3.8) is 0 Å². The number of hydrogen-bond acceptors (Lipinski definition) is 5. The van der Waals surface area contributed by atoms with Gasteiger partial charge in [0.2, 0.25) is 0 Å². The number of methoxy groups -OCH3 is 2. The fourth-order valence-corrected chi connectivity index (χ4v) is 3.47.